The van der Waals surface area contributed by atoms with Crippen LogP contribution in [0.1, 0.15) is 0 Å². The van der Waals surface area contributed by atoms with Gasteiger partial charge in [-0.2, -0.15) is 4.98 Å². The molecule has 3 heterocycles. The van der Waals surface area contributed by atoms with Crippen LogP contribution >= 0.6 is 7.80 Å². The molecule has 1 aliphatic heterocycles. The number of nitrogen functional groups attached to an aromatic ring is 1. The van der Waals surface area contributed by atoms with Crippen molar-refractivity contribution in [2.24, 2.45) is 0 Å². The third kappa shape index (κ3) is 2.94. The maximum absolute atomic E-state index is 11.7. The van der Waals surface area contributed by atoms with Crippen LogP contribution < -0.4 is 11.3 Å². The van der Waals surface area contributed by atoms with Gasteiger partial charge in [-0.3, -0.25) is 9.78 Å². The molecule has 0 spiro atoms. The van der Waals surface area contributed by atoms with E-state index in [0.717, 1.165) is 0 Å². The lowest BCUT2D eigenvalue weighted by atomic mass is 10.4. The summed E-state index contributed by atoms with van der Waals surface area (Å²) in [6.07, 6.45) is 1.24. The average molecular weight is 312 g/mol. The number of aromatic nitrogens is 4. The molecule has 0 aliphatic carbocycles. The minimum absolute atomic E-state index is 0.0405. The zero-order chi connectivity index (χ0) is 15.0. The number of rotatable bonds is 4. The number of nitrogens with one attached hydrogen (secondary N) is 1. The normalized spacial score (nSPS) is 22.8. The number of nitrogens with zero attached hydrogens (tertiary/aromatic N) is 3. The van der Waals surface area contributed by atoms with Gasteiger partial charge in [0.2, 0.25) is 12.2 Å². The molecule has 9 nitrogen and oxygen atoms in total. The van der Waals surface area contributed by atoms with E-state index in [-0.39, 0.29) is 23.1 Å². The van der Waals surface area contributed by atoms with Crippen molar-refractivity contribution >= 4 is 24.9 Å². The van der Waals surface area contributed by atoms with E-state index in [1.54, 1.807) is 11.2 Å². The van der Waals surface area contributed by atoms with E-state index in [1.807, 2.05) is 0 Å². The number of fused-ring (bicyclic) bond motifs is 1. The van der Waals surface area contributed by atoms with E-state index in [9.17, 15) is 9.36 Å². The van der Waals surface area contributed by atoms with Crippen molar-refractivity contribution in [3.8, 4) is 0 Å². The minimum Gasteiger partial charge on any atom is -0.369 e. The summed E-state index contributed by atoms with van der Waals surface area (Å²) < 4.78 is 24.0. The molecule has 0 radical (unpaired) electrons. The Labute approximate surface area is 120 Å². The zero-order valence-corrected chi connectivity index (χ0v) is 12.2. The molecule has 3 atom stereocenters. The smallest absolute Gasteiger partial charge is 0.340 e. The molecule has 1 aliphatic rings. The number of hydrogen-bond acceptors (Lipinski definition) is 7. The van der Waals surface area contributed by atoms with Crippen molar-refractivity contribution in [1.82, 2.24) is 19.5 Å². The number of hydrogen-bond donors (Lipinski definition) is 2. The summed E-state index contributed by atoms with van der Waals surface area (Å²) >= 11 is 0. The first-order chi connectivity index (χ1) is 10.0. The van der Waals surface area contributed by atoms with Crippen LogP contribution in [-0.2, 0) is 20.6 Å². The summed E-state index contributed by atoms with van der Waals surface area (Å²) in [7, 11) is -1.31. The van der Waals surface area contributed by atoms with E-state index in [0.29, 0.717) is 25.0 Å². The van der Waals surface area contributed by atoms with Crippen LogP contribution in [-0.4, -0.2) is 51.3 Å². The molecule has 21 heavy (non-hydrogen) atoms. The molecule has 1 saturated heterocycles. The Morgan fingerprint density at radius 3 is 3.19 bits per heavy atom. The third-order valence-electron chi connectivity index (χ3n) is 3.11. The van der Waals surface area contributed by atoms with Gasteiger partial charge < -0.3 is 19.8 Å². The maximum Gasteiger partial charge on any atom is 0.340 e. The molecule has 112 valence electrons. The van der Waals surface area contributed by atoms with Crippen LogP contribution in [0.25, 0.3) is 11.2 Å². The molecule has 3 rings (SSSR count). The SMILES string of the molecule is C[P+](=O)CC1OC[C@H](Cn2cnc3c(=O)[nH]c(N)nc32)O1. The van der Waals surface area contributed by atoms with Crippen LogP contribution in [0.15, 0.2) is 11.1 Å². The Bertz CT molecular complexity index is 742. The average Bonchev–Trinajstić information content (AvgIpc) is 2.97. The molecular weight excluding hydrogens is 297 g/mol. The molecule has 0 amide bonds. The van der Waals surface area contributed by atoms with E-state index in [4.69, 9.17) is 15.2 Å². The quantitative estimate of drug-likeness (QED) is 0.755. The van der Waals surface area contributed by atoms with Crippen molar-refractivity contribution in [2.75, 3.05) is 25.2 Å². The van der Waals surface area contributed by atoms with Crippen LogP contribution in [0.2, 0.25) is 0 Å². The monoisotopic (exact) mass is 312 g/mol. The van der Waals surface area contributed by atoms with Gasteiger partial charge >= 0.3 is 7.80 Å². The Morgan fingerprint density at radius 2 is 2.43 bits per heavy atom. The first-order valence-electron chi connectivity index (χ1n) is 6.39. The van der Waals surface area contributed by atoms with Crippen molar-refractivity contribution in [1.29, 1.82) is 0 Å². The van der Waals surface area contributed by atoms with Gasteiger partial charge in [-0.1, -0.05) is 4.57 Å². The van der Waals surface area contributed by atoms with Gasteiger partial charge in [0.05, 0.1) is 19.5 Å². The number of ether oxygens (including phenoxy) is 2. The molecule has 3 N–H and O–H groups in total. The molecule has 2 unspecified atom stereocenters. The highest BCUT2D eigenvalue weighted by Crippen LogP contribution is 2.23. The minimum atomic E-state index is -1.31. The second kappa shape index (κ2) is 5.51. The molecule has 2 aromatic heterocycles. The van der Waals surface area contributed by atoms with Crippen molar-refractivity contribution in [3.63, 3.8) is 0 Å². The molecule has 2 aromatic rings. The van der Waals surface area contributed by atoms with Crippen LogP contribution in [0.4, 0.5) is 5.95 Å². The first kappa shape index (κ1) is 14.1. The highest BCUT2D eigenvalue weighted by molar-refractivity contribution is 7.43. The van der Waals surface area contributed by atoms with E-state index in [1.165, 1.54) is 6.33 Å². The van der Waals surface area contributed by atoms with Gasteiger partial charge in [-0.15, -0.1) is 0 Å². The Hall–Kier alpha value is -1.83. The van der Waals surface area contributed by atoms with E-state index in [2.05, 4.69) is 15.0 Å². The topological polar surface area (TPSA) is 125 Å². The predicted octanol–water partition coefficient (Wildman–Crippen LogP) is -0.0995. The number of H-pyrrole nitrogens is 1. The fourth-order valence-corrected chi connectivity index (χ4v) is 2.84. The molecule has 1 fully saturated rings. The maximum atomic E-state index is 11.7. The Morgan fingerprint density at radius 1 is 1.62 bits per heavy atom. The second-order valence-electron chi connectivity index (χ2n) is 4.85. The zero-order valence-electron chi connectivity index (χ0n) is 11.4. The summed E-state index contributed by atoms with van der Waals surface area (Å²) in [6, 6.07) is 0. The fourth-order valence-electron chi connectivity index (χ4n) is 2.23. The highest BCUT2D eigenvalue weighted by atomic mass is 31.1. The van der Waals surface area contributed by atoms with Gasteiger partial charge in [0, 0.05) is 0 Å². The van der Waals surface area contributed by atoms with Gasteiger partial charge in [0.25, 0.3) is 5.56 Å². The Balaban J connectivity index is 1.77. The second-order valence-corrected chi connectivity index (χ2v) is 6.47. The molecule has 0 saturated carbocycles. The molecule has 0 bridgehead atoms. The van der Waals surface area contributed by atoms with Crippen LogP contribution in [0.3, 0.4) is 0 Å². The Kier molecular flexibility index (Phi) is 3.71. The predicted molar refractivity (Wildman–Crippen MR) is 75.6 cm³/mol. The van der Waals surface area contributed by atoms with Crippen LogP contribution in [0, 0.1) is 0 Å². The lowest BCUT2D eigenvalue weighted by Crippen LogP contribution is -2.20. The number of nitrogens with two attached hydrogens (primary N) is 1. The standard InChI is InChI=1S/C11H14N5O4P/c1-21(18)4-7-19-3-6(20-7)2-16-5-13-8-9(16)14-11(12)15-10(8)17/h5-7H,2-4H2,1H3,(H2-,12,14,15,17)/p+1/t6-,7?/m0/s1. The van der Waals surface area contributed by atoms with Gasteiger partial charge in [-0.25, -0.2) is 4.98 Å². The summed E-state index contributed by atoms with van der Waals surface area (Å²) in [5, 5.41) is 0. The van der Waals surface area contributed by atoms with Crippen molar-refractivity contribution < 1.29 is 14.0 Å². The number of anilines is 1. The largest absolute Gasteiger partial charge is 0.369 e. The lowest BCUT2D eigenvalue weighted by molar-refractivity contribution is -0.0415. The fraction of sp³-hybridized carbons (Fsp3) is 0.545. The molecule has 0 aromatic carbocycles. The van der Waals surface area contributed by atoms with Crippen LogP contribution in [0.5, 0.6) is 0 Å². The first-order valence-corrected chi connectivity index (χ1v) is 8.28. The molecule has 10 heteroatoms. The van der Waals surface area contributed by atoms with E-state index >= 15 is 0 Å². The van der Waals surface area contributed by atoms with E-state index < -0.39 is 14.1 Å². The highest BCUT2D eigenvalue weighted by Gasteiger charge is 2.31. The summed E-state index contributed by atoms with van der Waals surface area (Å²) in [6.45, 7) is 2.47. The summed E-state index contributed by atoms with van der Waals surface area (Å²) in [4.78, 5) is 22.2. The van der Waals surface area contributed by atoms with Gasteiger partial charge in [0.1, 0.15) is 12.8 Å². The van der Waals surface area contributed by atoms with Gasteiger partial charge in [-0.05, 0) is 0 Å². The summed E-state index contributed by atoms with van der Waals surface area (Å²) in [5.74, 6) is 0.0405. The number of imidazole rings is 1. The molecular formula is C11H15N5O4P+. The third-order valence-corrected chi connectivity index (χ3v) is 3.92. The van der Waals surface area contributed by atoms with Gasteiger partial charge in [0.15, 0.2) is 17.3 Å². The summed E-state index contributed by atoms with van der Waals surface area (Å²) in [5.41, 5.74) is 5.81. The number of aromatic amines is 1. The lowest BCUT2D eigenvalue weighted by Gasteiger charge is -2.09. The van der Waals surface area contributed by atoms with Crippen molar-refractivity contribution in [2.45, 2.75) is 18.9 Å². The van der Waals surface area contributed by atoms with Crippen molar-refractivity contribution in [3.05, 3.63) is 16.7 Å².